The number of anilines is 1. The Kier molecular flexibility index (Phi) is 8.27. The van der Waals surface area contributed by atoms with Gasteiger partial charge in [0, 0.05) is 36.5 Å². The number of nitrogens with one attached hydrogen (secondary N) is 1. The summed E-state index contributed by atoms with van der Waals surface area (Å²) in [7, 11) is 0. The lowest BCUT2D eigenvalue weighted by molar-refractivity contribution is -0.141. The standard InChI is InChI=1S/C31H37N3O3/c1-5-22(4)32-30(36)26(6-2)34(20-23-12-7-11-21(3)19-23)28(35)17-10-18-33-27-16-9-14-24-13-8-15-25(29(24)27)31(33)37/h7-9,11-16,19,22,26H,5-6,10,17-18,20H2,1-4H3,(H,32,36)/t22-,26+/m1/s1. The van der Waals surface area contributed by atoms with Gasteiger partial charge in [-0.2, -0.15) is 0 Å². The van der Waals surface area contributed by atoms with Crippen LogP contribution >= 0.6 is 0 Å². The van der Waals surface area contributed by atoms with Crippen LogP contribution in [0.2, 0.25) is 0 Å². The zero-order valence-corrected chi connectivity index (χ0v) is 22.3. The van der Waals surface area contributed by atoms with Crippen LogP contribution in [0.5, 0.6) is 0 Å². The van der Waals surface area contributed by atoms with Crippen molar-refractivity contribution in [1.82, 2.24) is 10.2 Å². The van der Waals surface area contributed by atoms with Crippen LogP contribution in [-0.4, -0.2) is 41.2 Å². The van der Waals surface area contributed by atoms with Gasteiger partial charge in [-0.15, -0.1) is 0 Å². The number of benzene rings is 3. The first-order chi connectivity index (χ1) is 17.8. The topological polar surface area (TPSA) is 69.7 Å². The summed E-state index contributed by atoms with van der Waals surface area (Å²) in [6, 6.07) is 19.3. The summed E-state index contributed by atoms with van der Waals surface area (Å²) < 4.78 is 0. The highest BCUT2D eigenvalue weighted by Crippen LogP contribution is 2.37. The monoisotopic (exact) mass is 499 g/mol. The van der Waals surface area contributed by atoms with Gasteiger partial charge >= 0.3 is 0 Å². The molecule has 1 aliphatic rings. The lowest BCUT2D eigenvalue weighted by Gasteiger charge is -2.32. The van der Waals surface area contributed by atoms with E-state index in [4.69, 9.17) is 0 Å². The van der Waals surface area contributed by atoms with Crippen molar-refractivity contribution < 1.29 is 14.4 Å². The molecular weight excluding hydrogens is 462 g/mol. The van der Waals surface area contributed by atoms with Gasteiger partial charge in [-0.05, 0) is 56.2 Å². The molecule has 3 aromatic rings. The first-order valence-electron chi connectivity index (χ1n) is 13.3. The minimum Gasteiger partial charge on any atom is -0.352 e. The van der Waals surface area contributed by atoms with Crippen LogP contribution in [0.25, 0.3) is 10.8 Å². The van der Waals surface area contributed by atoms with Crippen LogP contribution in [0.1, 0.15) is 67.9 Å². The average Bonchev–Trinajstić information content (AvgIpc) is 3.16. The number of carbonyl (C=O) groups excluding carboxylic acids is 3. The maximum atomic E-state index is 13.6. The summed E-state index contributed by atoms with van der Waals surface area (Å²) in [4.78, 5) is 43.4. The van der Waals surface area contributed by atoms with Gasteiger partial charge in [0.2, 0.25) is 11.8 Å². The molecule has 0 fully saturated rings. The number of hydrogen-bond donors (Lipinski definition) is 1. The van der Waals surface area contributed by atoms with E-state index in [9.17, 15) is 14.4 Å². The molecule has 0 aliphatic carbocycles. The van der Waals surface area contributed by atoms with E-state index in [-0.39, 0.29) is 30.2 Å². The van der Waals surface area contributed by atoms with Crippen molar-refractivity contribution in [2.24, 2.45) is 0 Å². The molecule has 0 bridgehead atoms. The molecule has 3 aromatic carbocycles. The Morgan fingerprint density at radius 2 is 1.73 bits per heavy atom. The van der Waals surface area contributed by atoms with Crippen LogP contribution in [0.15, 0.2) is 60.7 Å². The van der Waals surface area contributed by atoms with Crippen LogP contribution in [0.3, 0.4) is 0 Å². The maximum Gasteiger partial charge on any atom is 0.258 e. The predicted octanol–water partition coefficient (Wildman–Crippen LogP) is 5.61. The highest BCUT2D eigenvalue weighted by molar-refractivity contribution is 6.25. The fourth-order valence-electron chi connectivity index (χ4n) is 5.10. The molecule has 0 spiro atoms. The summed E-state index contributed by atoms with van der Waals surface area (Å²) in [5.74, 6) is -0.208. The molecule has 2 atom stereocenters. The molecule has 4 rings (SSSR count). The molecule has 0 unspecified atom stereocenters. The van der Waals surface area contributed by atoms with Gasteiger partial charge in [-0.3, -0.25) is 14.4 Å². The lowest BCUT2D eigenvalue weighted by Crippen LogP contribution is -2.50. The number of carbonyl (C=O) groups is 3. The van der Waals surface area contributed by atoms with Crippen LogP contribution in [0.4, 0.5) is 5.69 Å². The molecule has 3 amide bonds. The van der Waals surface area contributed by atoms with Crippen molar-refractivity contribution in [2.45, 2.75) is 72.0 Å². The summed E-state index contributed by atoms with van der Waals surface area (Å²) in [5, 5.41) is 5.08. The number of nitrogens with zero attached hydrogens (tertiary/aromatic N) is 2. The van der Waals surface area contributed by atoms with Crippen LogP contribution in [0, 0.1) is 6.92 Å². The van der Waals surface area contributed by atoms with Gasteiger partial charge in [0.25, 0.3) is 5.91 Å². The highest BCUT2D eigenvalue weighted by atomic mass is 16.2. The van der Waals surface area contributed by atoms with Crippen molar-refractivity contribution in [3.8, 4) is 0 Å². The summed E-state index contributed by atoms with van der Waals surface area (Å²) in [5.41, 5.74) is 3.73. The first kappa shape index (κ1) is 26.4. The predicted molar refractivity (Wildman–Crippen MR) is 149 cm³/mol. The summed E-state index contributed by atoms with van der Waals surface area (Å²) in [6.07, 6.45) is 2.13. The Balaban J connectivity index is 1.49. The summed E-state index contributed by atoms with van der Waals surface area (Å²) >= 11 is 0. The van der Waals surface area contributed by atoms with Crippen LogP contribution < -0.4 is 10.2 Å². The molecule has 37 heavy (non-hydrogen) atoms. The van der Waals surface area contributed by atoms with Gasteiger partial charge in [0.15, 0.2) is 0 Å². The van der Waals surface area contributed by atoms with E-state index in [1.54, 1.807) is 9.80 Å². The Labute approximate surface area is 219 Å². The van der Waals surface area contributed by atoms with Gasteiger partial charge in [-0.1, -0.05) is 67.9 Å². The highest BCUT2D eigenvalue weighted by Gasteiger charge is 2.31. The first-order valence-corrected chi connectivity index (χ1v) is 13.3. The molecule has 1 N–H and O–H groups in total. The van der Waals surface area contributed by atoms with Crippen molar-refractivity contribution in [3.63, 3.8) is 0 Å². The molecule has 0 radical (unpaired) electrons. The van der Waals surface area contributed by atoms with Gasteiger partial charge < -0.3 is 15.1 Å². The molecule has 0 aromatic heterocycles. The zero-order valence-electron chi connectivity index (χ0n) is 22.3. The SMILES string of the molecule is CC[C@@H](C)NC(=O)[C@H](CC)N(Cc1cccc(C)c1)C(=O)CCCN1C(=O)c2cccc3cccc1c23. The zero-order chi connectivity index (χ0) is 26.5. The van der Waals surface area contributed by atoms with Gasteiger partial charge in [0.05, 0.1) is 5.69 Å². The fourth-order valence-corrected chi connectivity index (χ4v) is 5.10. The van der Waals surface area contributed by atoms with Crippen molar-refractivity contribution in [3.05, 3.63) is 77.4 Å². The second-order valence-corrected chi connectivity index (χ2v) is 9.99. The third-order valence-corrected chi connectivity index (χ3v) is 7.24. The normalized spacial score (nSPS) is 14.1. The van der Waals surface area contributed by atoms with E-state index in [2.05, 4.69) is 11.4 Å². The summed E-state index contributed by atoms with van der Waals surface area (Å²) in [6.45, 7) is 8.79. The number of hydrogen-bond acceptors (Lipinski definition) is 3. The largest absolute Gasteiger partial charge is 0.352 e. The minimum absolute atomic E-state index is 0.0183. The Morgan fingerprint density at radius 1 is 1.00 bits per heavy atom. The minimum atomic E-state index is -0.548. The Morgan fingerprint density at radius 3 is 2.43 bits per heavy atom. The van der Waals surface area contributed by atoms with E-state index >= 15 is 0 Å². The van der Waals surface area contributed by atoms with Crippen molar-refractivity contribution >= 4 is 34.2 Å². The third-order valence-electron chi connectivity index (χ3n) is 7.24. The van der Waals surface area contributed by atoms with Gasteiger partial charge in [0.1, 0.15) is 6.04 Å². The molecule has 6 heteroatoms. The molecule has 0 saturated carbocycles. The van der Waals surface area contributed by atoms with Crippen molar-refractivity contribution in [2.75, 3.05) is 11.4 Å². The average molecular weight is 500 g/mol. The third kappa shape index (κ3) is 5.68. The lowest BCUT2D eigenvalue weighted by atomic mass is 10.1. The fraction of sp³-hybridized carbons (Fsp3) is 0.387. The number of aryl methyl sites for hydroxylation is 1. The maximum absolute atomic E-state index is 13.6. The van der Waals surface area contributed by atoms with E-state index in [1.807, 2.05) is 82.3 Å². The molecular formula is C31H37N3O3. The number of rotatable bonds is 11. The molecule has 6 nitrogen and oxygen atoms in total. The smallest absolute Gasteiger partial charge is 0.258 e. The molecule has 194 valence electrons. The van der Waals surface area contributed by atoms with Gasteiger partial charge in [-0.25, -0.2) is 0 Å². The van der Waals surface area contributed by atoms with E-state index in [0.29, 0.717) is 31.5 Å². The molecule has 1 aliphatic heterocycles. The Bertz CT molecular complexity index is 1300. The number of amides is 3. The van der Waals surface area contributed by atoms with Crippen LogP contribution in [-0.2, 0) is 16.1 Å². The quantitative estimate of drug-likeness (QED) is 0.373. The van der Waals surface area contributed by atoms with Crippen molar-refractivity contribution in [1.29, 1.82) is 0 Å². The Hall–Kier alpha value is -3.67. The van der Waals surface area contributed by atoms with E-state index < -0.39 is 6.04 Å². The second-order valence-electron chi connectivity index (χ2n) is 9.99. The molecule has 0 saturated heterocycles. The second kappa shape index (κ2) is 11.6. The molecule has 1 heterocycles. The van der Waals surface area contributed by atoms with E-state index in [0.717, 1.165) is 34.0 Å². The van der Waals surface area contributed by atoms with E-state index in [1.165, 1.54) is 0 Å².